The van der Waals surface area contributed by atoms with E-state index in [9.17, 15) is 14.4 Å². The Morgan fingerprint density at radius 3 is 2.36 bits per heavy atom. The van der Waals surface area contributed by atoms with E-state index in [0.717, 1.165) is 4.47 Å². The van der Waals surface area contributed by atoms with Crippen LogP contribution in [0.25, 0.3) is 0 Å². The highest BCUT2D eigenvalue weighted by molar-refractivity contribution is 9.10. The Hall–Kier alpha value is -2.96. The second-order valence-corrected chi connectivity index (χ2v) is 9.64. The van der Waals surface area contributed by atoms with Gasteiger partial charge in [0.15, 0.2) is 11.2 Å². The Bertz CT molecular complexity index is 1290. The first-order valence-corrected chi connectivity index (χ1v) is 11.7. The number of carbonyl (C=O) groups is 3. The van der Waals surface area contributed by atoms with Crippen molar-refractivity contribution in [2.24, 2.45) is 10.8 Å². The van der Waals surface area contributed by atoms with Crippen molar-refractivity contribution >= 4 is 50.9 Å². The normalized spacial score (nSPS) is 24.8. The van der Waals surface area contributed by atoms with Crippen molar-refractivity contribution in [1.82, 2.24) is 0 Å². The van der Waals surface area contributed by atoms with Crippen LogP contribution < -0.4 is 10.1 Å². The van der Waals surface area contributed by atoms with Gasteiger partial charge in [-0.3, -0.25) is 14.4 Å². The molecule has 7 heteroatoms. The third kappa shape index (κ3) is 3.01. The summed E-state index contributed by atoms with van der Waals surface area (Å²) in [7, 11) is 0. The van der Waals surface area contributed by atoms with Crippen molar-refractivity contribution in [3.8, 4) is 5.75 Å². The van der Waals surface area contributed by atoms with Gasteiger partial charge in [0.05, 0.1) is 5.41 Å². The highest BCUT2D eigenvalue weighted by Gasteiger charge is 2.89. The molecule has 0 radical (unpaired) electrons. The molecule has 1 aliphatic carbocycles. The average molecular weight is 525 g/mol. The van der Waals surface area contributed by atoms with E-state index in [1.165, 1.54) is 0 Å². The quantitative estimate of drug-likeness (QED) is 0.192. The van der Waals surface area contributed by atoms with Crippen molar-refractivity contribution in [3.63, 3.8) is 0 Å². The molecular formula is C26H19BrClNO4. The lowest BCUT2D eigenvalue weighted by molar-refractivity contribution is -0.147. The summed E-state index contributed by atoms with van der Waals surface area (Å²) in [6, 6.07) is 20.6. The van der Waals surface area contributed by atoms with Gasteiger partial charge in [-0.15, -0.1) is 0 Å². The Morgan fingerprint density at radius 1 is 1.03 bits per heavy atom. The fourth-order valence-corrected chi connectivity index (χ4v) is 5.72. The molecule has 3 aromatic rings. The van der Waals surface area contributed by atoms with E-state index in [4.69, 9.17) is 16.3 Å². The van der Waals surface area contributed by atoms with Crippen LogP contribution in [0.3, 0.4) is 0 Å². The minimum atomic E-state index is -1.67. The maximum absolute atomic E-state index is 14.0. The molecule has 0 unspecified atom stereocenters. The summed E-state index contributed by atoms with van der Waals surface area (Å²) in [4.78, 5) is 41.3. The third-order valence-corrected chi connectivity index (χ3v) is 7.61. The minimum Gasteiger partial charge on any atom is -0.425 e. The maximum Gasteiger partial charge on any atom is 0.328 e. The van der Waals surface area contributed by atoms with E-state index in [1.54, 1.807) is 60.7 Å². The van der Waals surface area contributed by atoms with Crippen LogP contribution in [0.1, 0.15) is 35.2 Å². The van der Waals surface area contributed by atoms with Crippen LogP contribution in [0.15, 0.2) is 77.3 Å². The smallest absolute Gasteiger partial charge is 0.328 e. The summed E-state index contributed by atoms with van der Waals surface area (Å²) in [6.45, 7) is 1.83. The van der Waals surface area contributed by atoms with E-state index in [2.05, 4.69) is 21.2 Å². The zero-order chi connectivity index (χ0) is 23.4. The molecule has 2 aliphatic rings. The molecule has 5 nitrogen and oxygen atoms in total. The molecule has 5 rings (SSSR count). The molecule has 3 atom stereocenters. The number of amides is 1. The predicted molar refractivity (Wildman–Crippen MR) is 129 cm³/mol. The number of benzene rings is 3. The standard InChI is InChI=1S/C26H19BrClNO4/c1-2-25(22(30)15-7-11-17(28)12-8-15)21-19-5-3-4-6-20(19)33-24(32)26(21,25)23(31)29-18-13-9-16(27)10-14-18/h3-14,21H,2H2,1H3,(H,29,31)/t21-,25-,26+/m1/s1. The number of hydrogen-bond acceptors (Lipinski definition) is 4. The molecule has 1 saturated carbocycles. The summed E-state index contributed by atoms with van der Waals surface area (Å²) < 4.78 is 6.51. The molecule has 3 aromatic carbocycles. The highest BCUT2D eigenvalue weighted by Crippen LogP contribution is 2.80. The lowest BCUT2D eigenvalue weighted by Gasteiger charge is -2.24. The number of fused-ring (bicyclic) bond motifs is 3. The van der Waals surface area contributed by atoms with Crippen LogP contribution >= 0.6 is 27.5 Å². The molecule has 0 saturated heterocycles. The number of ketones is 1. The summed E-state index contributed by atoms with van der Waals surface area (Å²) in [5.41, 5.74) is -1.33. The molecule has 0 aromatic heterocycles. The third-order valence-electron chi connectivity index (χ3n) is 6.83. The molecule has 0 bridgehead atoms. The number of para-hydroxylation sites is 1. The van der Waals surface area contributed by atoms with E-state index in [0.29, 0.717) is 27.6 Å². The predicted octanol–water partition coefficient (Wildman–Crippen LogP) is 6.02. The zero-order valence-electron chi connectivity index (χ0n) is 17.6. The second-order valence-electron chi connectivity index (χ2n) is 8.29. The van der Waals surface area contributed by atoms with Gasteiger partial charge in [0.25, 0.3) is 0 Å². The van der Waals surface area contributed by atoms with Gasteiger partial charge in [0.1, 0.15) is 5.75 Å². The van der Waals surface area contributed by atoms with Crippen LogP contribution in [0, 0.1) is 10.8 Å². The SMILES string of the molecule is CC[C@]1(C(=O)c2ccc(Cl)cc2)[C@H]2c3ccccc3OC(=O)[C@@]21C(=O)Nc1ccc(Br)cc1. The van der Waals surface area contributed by atoms with Gasteiger partial charge in [-0.05, 0) is 61.0 Å². The summed E-state index contributed by atoms with van der Waals surface area (Å²) >= 11 is 9.39. The van der Waals surface area contributed by atoms with Crippen LogP contribution in [0.5, 0.6) is 5.75 Å². The molecule has 1 heterocycles. The molecule has 1 aliphatic heterocycles. The molecule has 1 fully saturated rings. The van der Waals surface area contributed by atoms with Gasteiger partial charge >= 0.3 is 5.97 Å². The first kappa shape index (κ1) is 21.9. The largest absolute Gasteiger partial charge is 0.425 e. The lowest BCUT2D eigenvalue weighted by atomic mass is 9.82. The minimum absolute atomic E-state index is 0.272. The van der Waals surface area contributed by atoms with Crippen molar-refractivity contribution in [3.05, 3.63) is 93.4 Å². The van der Waals surface area contributed by atoms with Crippen molar-refractivity contribution < 1.29 is 19.1 Å². The molecule has 166 valence electrons. The Balaban J connectivity index is 1.66. The maximum atomic E-state index is 14.0. The highest BCUT2D eigenvalue weighted by atomic mass is 79.9. The van der Waals surface area contributed by atoms with Gasteiger partial charge in [0.2, 0.25) is 5.91 Å². The number of anilines is 1. The van der Waals surface area contributed by atoms with Crippen molar-refractivity contribution in [2.45, 2.75) is 19.3 Å². The van der Waals surface area contributed by atoms with E-state index in [-0.39, 0.29) is 12.2 Å². The van der Waals surface area contributed by atoms with Gasteiger partial charge in [-0.2, -0.15) is 0 Å². The number of Topliss-reactive ketones (excluding diaryl/α,β-unsaturated/α-hetero) is 1. The second kappa shape index (κ2) is 7.82. The van der Waals surface area contributed by atoms with E-state index in [1.807, 2.05) is 19.1 Å². The zero-order valence-corrected chi connectivity index (χ0v) is 19.9. The number of halogens is 2. The molecule has 1 N–H and O–H groups in total. The number of ether oxygens (including phenoxy) is 1. The Kier molecular flexibility index (Phi) is 5.18. The summed E-state index contributed by atoms with van der Waals surface area (Å²) in [5.74, 6) is -1.76. The number of esters is 1. The van der Waals surface area contributed by atoms with Gasteiger partial charge < -0.3 is 10.1 Å². The number of hydrogen-bond donors (Lipinski definition) is 1. The van der Waals surface area contributed by atoms with E-state index < -0.39 is 28.6 Å². The fourth-order valence-electron chi connectivity index (χ4n) is 5.33. The number of carbonyl (C=O) groups excluding carboxylic acids is 3. The first-order valence-electron chi connectivity index (χ1n) is 10.5. The van der Waals surface area contributed by atoms with Crippen LogP contribution in [-0.2, 0) is 9.59 Å². The topological polar surface area (TPSA) is 72.5 Å². The average Bonchev–Trinajstić information content (AvgIpc) is 3.47. The number of nitrogens with one attached hydrogen (secondary N) is 1. The molecule has 0 spiro atoms. The van der Waals surface area contributed by atoms with Crippen molar-refractivity contribution in [1.29, 1.82) is 0 Å². The van der Waals surface area contributed by atoms with Crippen LogP contribution in [0.4, 0.5) is 5.69 Å². The van der Waals surface area contributed by atoms with Gasteiger partial charge in [-0.1, -0.05) is 52.7 Å². The molecule has 1 amide bonds. The summed E-state index contributed by atoms with van der Waals surface area (Å²) in [6.07, 6.45) is 0.288. The Labute approximate surface area is 204 Å². The first-order chi connectivity index (χ1) is 15.9. The summed E-state index contributed by atoms with van der Waals surface area (Å²) in [5, 5.41) is 3.35. The van der Waals surface area contributed by atoms with Gasteiger partial charge in [-0.25, -0.2) is 0 Å². The monoisotopic (exact) mass is 523 g/mol. The molecular weight excluding hydrogens is 506 g/mol. The van der Waals surface area contributed by atoms with E-state index >= 15 is 0 Å². The lowest BCUT2D eigenvalue weighted by Crippen LogP contribution is -2.42. The van der Waals surface area contributed by atoms with Gasteiger partial charge in [0, 0.05) is 32.2 Å². The number of rotatable bonds is 5. The van der Waals surface area contributed by atoms with Crippen molar-refractivity contribution in [2.75, 3.05) is 5.32 Å². The fraction of sp³-hybridized carbons (Fsp3) is 0.192. The Morgan fingerprint density at radius 2 is 1.70 bits per heavy atom. The van der Waals surface area contributed by atoms with Crippen LogP contribution in [-0.4, -0.2) is 17.7 Å². The van der Waals surface area contributed by atoms with Crippen LogP contribution in [0.2, 0.25) is 5.02 Å². The molecule has 33 heavy (non-hydrogen) atoms.